The lowest BCUT2D eigenvalue weighted by atomic mass is 9.79. The molecule has 2 aromatic rings. The number of anilines is 1. The second kappa shape index (κ2) is 6.79. The fourth-order valence-electron chi connectivity index (χ4n) is 2.88. The first-order chi connectivity index (χ1) is 11.6. The van der Waals surface area contributed by atoms with Crippen molar-refractivity contribution in [2.45, 2.75) is 32.7 Å². The summed E-state index contributed by atoms with van der Waals surface area (Å²) in [5.41, 5.74) is 1.62. The predicted molar refractivity (Wildman–Crippen MR) is 92.5 cm³/mol. The third-order valence-corrected chi connectivity index (χ3v) is 4.28. The normalized spacial score (nSPS) is 19.2. The summed E-state index contributed by atoms with van der Waals surface area (Å²) in [6, 6.07) is 3.60. The fraction of sp³-hybridized carbons (Fsp3) is 0.368. The van der Waals surface area contributed by atoms with Gasteiger partial charge in [-0.15, -0.1) is 0 Å². The molecule has 0 radical (unpaired) electrons. The van der Waals surface area contributed by atoms with Crippen molar-refractivity contribution in [2.75, 3.05) is 11.4 Å². The van der Waals surface area contributed by atoms with Crippen molar-refractivity contribution < 1.29 is 4.79 Å². The molecular formula is C19H20N4O. The Bertz CT molecular complexity index is 759. The quantitative estimate of drug-likeness (QED) is 0.628. The number of aromatic nitrogens is 3. The van der Waals surface area contributed by atoms with Crippen LogP contribution in [0, 0.1) is 17.3 Å². The number of pyridine rings is 1. The minimum absolute atomic E-state index is 0.143. The summed E-state index contributed by atoms with van der Waals surface area (Å²) in [6.45, 7) is 5.21. The molecule has 1 aliphatic heterocycles. The molecule has 24 heavy (non-hydrogen) atoms. The maximum atomic E-state index is 11.4. The lowest BCUT2D eigenvalue weighted by molar-refractivity contribution is -0.110. The Morgan fingerprint density at radius 2 is 2.12 bits per heavy atom. The van der Waals surface area contributed by atoms with Crippen LogP contribution in [0.15, 0.2) is 36.9 Å². The molecule has 1 saturated heterocycles. The largest absolute Gasteiger partial charge is 0.346 e. The van der Waals surface area contributed by atoms with E-state index in [1.165, 1.54) is 0 Å². The first-order valence-corrected chi connectivity index (χ1v) is 8.03. The maximum Gasteiger partial charge on any atom is 0.147 e. The lowest BCUT2D eigenvalue weighted by Gasteiger charge is -2.41. The Morgan fingerprint density at radius 3 is 2.79 bits per heavy atom. The number of nitrogens with zero attached hydrogens (tertiary/aromatic N) is 4. The Kier molecular flexibility index (Phi) is 4.57. The van der Waals surface area contributed by atoms with Crippen molar-refractivity contribution in [3.05, 3.63) is 48.2 Å². The van der Waals surface area contributed by atoms with Crippen LogP contribution in [0.3, 0.4) is 0 Å². The summed E-state index contributed by atoms with van der Waals surface area (Å²) in [5.74, 6) is 6.71. The van der Waals surface area contributed by atoms with E-state index in [9.17, 15) is 4.79 Å². The van der Waals surface area contributed by atoms with Crippen molar-refractivity contribution in [3.63, 3.8) is 0 Å². The number of carbonyl (C=O) groups excluding carboxylic acids is 1. The summed E-state index contributed by atoms with van der Waals surface area (Å²) >= 11 is 0. The highest BCUT2D eigenvalue weighted by Crippen LogP contribution is 2.34. The van der Waals surface area contributed by atoms with Crippen LogP contribution in [0.4, 0.5) is 5.82 Å². The highest BCUT2D eigenvalue weighted by Gasteiger charge is 2.33. The van der Waals surface area contributed by atoms with Gasteiger partial charge in [-0.1, -0.05) is 19.8 Å². The molecule has 2 aromatic heterocycles. The van der Waals surface area contributed by atoms with Gasteiger partial charge < -0.3 is 9.69 Å². The van der Waals surface area contributed by atoms with E-state index in [1.54, 1.807) is 24.8 Å². The summed E-state index contributed by atoms with van der Waals surface area (Å²) < 4.78 is 0. The fourth-order valence-corrected chi connectivity index (χ4v) is 2.88. The number of carbonyl (C=O) groups is 1. The number of hydrogen-bond acceptors (Lipinski definition) is 5. The van der Waals surface area contributed by atoms with Crippen molar-refractivity contribution in [3.8, 4) is 11.8 Å². The van der Waals surface area contributed by atoms with Crippen LogP contribution >= 0.6 is 0 Å². The molecule has 1 fully saturated rings. The van der Waals surface area contributed by atoms with E-state index in [0.717, 1.165) is 37.1 Å². The molecule has 0 saturated carbocycles. The van der Waals surface area contributed by atoms with Gasteiger partial charge in [0.25, 0.3) is 0 Å². The number of aldehydes is 1. The van der Waals surface area contributed by atoms with Crippen molar-refractivity contribution in [1.82, 2.24) is 15.0 Å². The van der Waals surface area contributed by atoms with Gasteiger partial charge in [-0.05, 0) is 36.3 Å². The third-order valence-electron chi connectivity index (χ3n) is 4.28. The van der Waals surface area contributed by atoms with E-state index in [-0.39, 0.29) is 11.5 Å². The second-order valence-corrected chi connectivity index (χ2v) is 6.77. The van der Waals surface area contributed by atoms with Crippen molar-refractivity contribution in [1.29, 1.82) is 0 Å². The third kappa shape index (κ3) is 3.77. The molecule has 1 aliphatic rings. The van der Waals surface area contributed by atoms with Crippen LogP contribution in [-0.4, -0.2) is 33.8 Å². The number of hydrogen-bond donors (Lipinski definition) is 0. The molecule has 1 atom stereocenters. The summed E-state index contributed by atoms with van der Waals surface area (Å²) in [6.07, 6.45) is 9.64. The Labute approximate surface area is 142 Å². The van der Waals surface area contributed by atoms with Gasteiger partial charge in [0.05, 0.1) is 18.4 Å². The van der Waals surface area contributed by atoms with Crippen molar-refractivity contribution >= 4 is 12.1 Å². The number of piperidine rings is 1. The molecular weight excluding hydrogens is 300 g/mol. The minimum Gasteiger partial charge on any atom is -0.346 e. The van der Waals surface area contributed by atoms with Crippen molar-refractivity contribution in [2.24, 2.45) is 5.41 Å². The Balaban J connectivity index is 1.75. The molecule has 0 spiro atoms. The highest BCUT2D eigenvalue weighted by atomic mass is 16.1. The minimum atomic E-state index is -0.143. The highest BCUT2D eigenvalue weighted by molar-refractivity contribution is 5.65. The second-order valence-electron chi connectivity index (χ2n) is 6.77. The number of rotatable bonds is 2. The Hall–Kier alpha value is -2.74. The monoisotopic (exact) mass is 320 g/mol. The van der Waals surface area contributed by atoms with Gasteiger partial charge in [-0.3, -0.25) is 4.98 Å². The zero-order valence-corrected chi connectivity index (χ0v) is 13.9. The SMILES string of the molecule is CC1(C)CCN(c2cnc(C#Cc3cccnc3)cn2)C(C=O)C1. The molecule has 0 N–H and O–H groups in total. The summed E-state index contributed by atoms with van der Waals surface area (Å²) in [4.78, 5) is 26.3. The lowest BCUT2D eigenvalue weighted by Crippen LogP contribution is -2.46. The van der Waals surface area contributed by atoms with E-state index < -0.39 is 0 Å². The smallest absolute Gasteiger partial charge is 0.147 e. The van der Waals surface area contributed by atoms with Gasteiger partial charge >= 0.3 is 0 Å². The molecule has 3 heterocycles. The molecule has 122 valence electrons. The first-order valence-electron chi connectivity index (χ1n) is 8.03. The van der Waals surface area contributed by atoms with Gasteiger partial charge in [-0.25, -0.2) is 9.97 Å². The van der Waals surface area contributed by atoms with Gasteiger partial charge in [0.1, 0.15) is 17.8 Å². The van der Waals surface area contributed by atoms with Gasteiger partial charge in [-0.2, -0.15) is 0 Å². The maximum absolute atomic E-state index is 11.4. The van der Waals surface area contributed by atoms with Crippen LogP contribution in [0.2, 0.25) is 0 Å². The zero-order valence-electron chi connectivity index (χ0n) is 13.9. The zero-order chi connectivity index (χ0) is 17.0. The van der Waals surface area contributed by atoms with Gasteiger partial charge in [0, 0.05) is 24.5 Å². The molecule has 0 aromatic carbocycles. The van der Waals surface area contributed by atoms with Crippen LogP contribution < -0.4 is 4.90 Å². The molecule has 0 aliphatic carbocycles. The summed E-state index contributed by atoms with van der Waals surface area (Å²) in [5, 5.41) is 0. The van der Waals surface area contributed by atoms with Gasteiger partial charge in [0.15, 0.2) is 0 Å². The van der Waals surface area contributed by atoms with Crippen LogP contribution in [-0.2, 0) is 4.79 Å². The molecule has 5 heteroatoms. The van der Waals surface area contributed by atoms with Gasteiger partial charge in [0.2, 0.25) is 0 Å². The molecule has 3 rings (SSSR count). The molecule has 0 bridgehead atoms. The molecule has 0 amide bonds. The first kappa shape index (κ1) is 16.1. The van der Waals surface area contributed by atoms with E-state index >= 15 is 0 Å². The van der Waals surface area contributed by atoms with E-state index in [0.29, 0.717) is 5.69 Å². The molecule has 1 unspecified atom stereocenters. The van der Waals surface area contributed by atoms with Crippen LogP contribution in [0.1, 0.15) is 37.9 Å². The van der Waals surface area contributed by atoms with Crippen LogP contribution in [0.25, 0.3) is 0 Å². The average Bonchev–Trinajstić information content (AvgIpc) is 2.61. The standard InChI is InChI=1S/C19H20N4O/c1-19(2)7-9-23(17(10-19)14-24)18-13-21-16(12-22-18)6-5-15-4-3-8-20-11-15/h3-4,8,11-14,17H,7,9-10H2,1-2H3. The molecule has 5 nitrogen and oxygen atoms in total. The van der Waals surface area contributed by atoms with E-state index in [1.807, 2.05) is 17.0 Å². The Morgan fingerprint density at radius 1 is 1.25 bits per heavy atom. The van der Waals surface area contributed by atoms with E-state index in [4.69, 9.17) is 0 Å². The summed E-state index contributed by atoms with van der Waals surface area (Å²) in [7, 11) is 0. The topological polar surface area (TPSA) is 59.0 Å². The predicted octanol–water partition coefficient (Wildman–Crippen LogP) is 2.47. The van der Waals surface area contributed by atoms with Crippen LogP contribution in [0.5, 0.6) is 0 Å². The average molecular weight is 320 g/mol. The van der Waals surface area contributed by atoms with E-state index in [2.05, 4.69) is 40.6 Å².